The van der Waals surface area contributed by atoms with Crippen LogP contribution in [0.25, 0.3) is 0 Å². The summed E-state index contributed by atoms with van der Waals surface area (Å²) >= 11 is 1.49. The van der Waals surface area contributed by atoms with E-state index in [4.69, 9.17) is 0 Å². The maximum absolute atomic E-state index is 13.8. The average Bonchev–Trinajstić information content (AvgIpc) is 3.16. The van der Waals surface area contributed by atoms with Crippen molar-refractivity contribution in [1.82, 2.24) is 4.98 Å². The highest BCUT2D eigenvalue weighted by molar-refractivity contribution is 8.04. The number of hydrogen-bond acceptors (Lipinski definition) is 4. The van der Waals surface area contributed by atoms with Crippen molar-refractivity contribution in [2.45, 2.75) is 12.2 Å². The van der Waals surface area contributed by atoms with Gasteiger partial charge in [0.1, 0.15) is 17.2 Å². The smallest absolute Gasteiger partial charge is 0.261 e. The number of nitrogens with zero attached hydrogens (tertiary/aromatic N) is 1. The highest BCUT2D eigenvalue weighted by atomic mass is 32.2. The van der Waals surface area contributed by atoms with E-state index in [-0.39, 0.29) is 17.0 Å². The second-order valence-electron chi connectivity index (χ2n) is 7.17. The lowest BCUT2D eigenvalue weighted by Gasteiger charge is -2.16. The first-order valence-electron chi connectivity index (χ1n) is 9.62. The minimum absolute atomic E-state index is 0.0457. The highest BCUT2D eigenvalue weighted by Crippen LogP contribution is 2.48. The molecular formula is C24H18F2N2O2S. The van der Waals surface area contributed by atoms with E-state index in [1.165, 1.54) is 17.8 Å². The molecule has 4 nitrogen and oxygen atoms in total. The van der Waals surface area contributed by atoms with E-state index in [1.807, 2.05) is 25.1 Å². The Morgan fingerprint density at radius 2 is 1.71 bits per heavy atom. The van der Waals surface area contributed by atoms with Crippen molar-refractivity contribution in [3.8, 4) is 0 Å². The Hall–Kier alpha value is -3.32. The average molecular weight is 436 g/mol. The molecule has 2 atom stereocenters. The second kappa shape index (κ2) is 8.81. The van der Waals surface area contributed by atoms with Gasteiger partial charge in [-0.3, -0.25) is 14.6 Å². The Bertz CT molecular complexity index is 1140. The van der Waals surface area contributed by atoms with Crippen molar-refractivity contribution in [3.05, 3.63) is 106 Å². The topological polar surface area (TPSA) is 59.1 Å². The minimum Gasteiger partial charge on any atom is -0.322 e. The summed E-state index contributed by atoms with van der Waals surface area (Å²) in [6.07, 6.45) is 5.14. The molecule has 1 N–H and O–H groups in total. The Labute approximate surface area is 182 Å². The zero-order valence-corrected chi connectivity index (χ0v) is 17.3. The van der Waals surface area contributed by atoms with Gasteiger partial charge in [0.05, 0.1) is 4.91 Å². The number of thioether (sulfide) groups is 1. The van der Waals surface area contributed by atoms with E-state index in [9.17, 15) is 18.4 Å². The lowest BCUT2D eigenvalue weighted by atomic mass is 9.99. The number of benzene rings is 2. The monoisotopic (exact) mass is 436 g/mol. The number of aromatic nitrogens is 1. The largest absolute Gasteiger partial charge is 0.322 e. The molecule has 1 aliphatic heterocycles. The third-order valence-corrected chi connectivity index (χ3v) is 6.51. The molecule has 0 radical (unpaired) electrons. The summed E-state index contributed by atoms with van der Waals surface area (Å²) in [7, 11) is 0. The first-order valence-corrected chi connectivity index (χ1v) is 10.5. The van der Waals surface area contributed by atoms with E-state index < -0.39 is 23.1 Å². The number of pyridine rings is 1. The SMILES string of the molecule is CC1C=C(C(=O)c2cccnc2)SC1c1ccc(NC(=O)c2c(F)cccc2F)cc1. The number of ketones is 1. The third-order valence-electron chi connectivity index (χ3n) is 4.98. The van der Waals surface area contributed by atoms with Crippen LogP contribution in [0.1, 0.15) is 38.5 Å². The Kier molecular flexibility index (Phi) is 5.95. The number of carbonyl (C=O) groups is 2. The van der Waals surface area contributed by atoms with Crippen molar-refractivity contribution < 1.29 is 18.4 Å². The summed E-state index contributed by atoms with van der Waals surface area (Å²) in [6, 6.07) is 13.8. The van der Waals surface area contributed by atoms with Gasteiger partial charge in [0, 0.05) is 28.9 Å². The van der Waals surface area contributed by atoms with Crippen molar-refractivity contribution in [2.24, 2.45) is 5.92 Å². The fourth-order valence-electron chi connectivity index (χ4n) is 3.41. The number of halogens is 2. The minimum atomic E-state index is -0.915. The van der Waals surface area contributed by atoms with E-state index in [0.29, 0.717) is 16.2 Å². The van der Waals surface area contributed by atoms with Crippen LogP contribution in [0.2, 0.25) is 0 Å². The number of allylic oxidation sites excluding steroid dienone is 2. The molecule has 1 amide bonds. The zero-order valence-electron chi connectivity index (χ0n) is 16.5. The molecule has 0 bridgehead atoms. The fourth-order valence-corrected chi connectivity index (χ4v) is 4.79. The van der Waals surface area contributed by atoms with Gasteiger partial charge >= 0.3 is 0 Å². The quantitative estimate of drug-likeness (QED) is 0.514. The molecule has 0 saturated heterocycles. The predicted octanol–water partition coefficient (Wildman–Crippen LogP) is 5.80. The molecule has 3 aromatic rings. The van der Waals surface area contributed by atoms with Gasteiger partial charge in [-0.1, -0.05) is 31.2 Å². The molecule has 1 aromatic heterocycles. The maximum Gasteiger partial charge on any atom is 0.261 e. The van der Waals surface area contributed by atoms with E-state index >= 15 is 0 Å². The molecule has 0 fully saturated rings. The molecule has 1 aliphatic rings. The van der Waals surface area contributed by atoms with Crippen molar-refractivity contribution in [2.75, 3.05) is 5.32 Å². The Balaban J connectivity index is 1.45. The van der Waals surface area contributed by atoms with Gasteiger partial charge in [-0.25, -0.2) is 8.78 Å². The molecule has 2 aromatic carbocycles. The van der Waals surface area contributed by atoms with Crippen LogP contribution in [0.15, 0.2) is 78.0 Å². The summed E-state index contributed by atoms with van der Waals surface area (Å²) in [5, 5.41) is 2.56. The lowest BCUT2D eigenvalue weighted by molar-refractivity contribution is 0.101. The Morgan fingerprint density at radius 1 is 1.00 bits per heavy atom. The molecule has 0 saturated carbocycles. The molecule has 0 spiro atoms. The van der Waals surface area contributed by atoms with Crippen LogP contribution in [0.5, 0.6) is 0 Å². The summed E-state index contributed by atoms with van der Waals surface area (Å²) in [5.74, 6) is -2.60. The van der Waals surface area contributed by atoms with Gasteiger partial charge < -0.3 is 5.32 Å². The fraction of sp³-hybridized carbons (Fsp3) is 0.125. The summed E-state index contributed by atoms with van der Waals surface area (Å²) in [5.41, 5.74) is 1.34. The molecule has 2 heterocycles. The van der Waals surface area contributed by atoms with Gasteiger partial charge in [-0.05, 0) is 47.9 Å². The van der Waals surface area contributed by atoms with Crippen LogP contribution >= 0.6 is 11.8 Å². The summed E-state index contributed by atoms with van der Waals surface area (Å²) in [4.78, 5) is 29.6. The molecular weight excluding hydrogens is 418 g/mol. The van der Waals surface area contributed by atoms with Crippen LogP contribution in [-0.2, 0) is 0 Å². The van der Waals surface area contributed by atoms with Crippen molar-refractivity contribution in [3.63, 3.8) is 0 Å². The molecule has 156 valence electrons. The lowest BCUT2D eigenvalue weighted by Crippen LogP contribution is -2.15. The van der Waals surface area contributed by atoms with Crippen molar-refractivity contribution in [1.29, 1.82) is 0 Å². The highest BCUT2D eigenvalue weighted by Gasteiger charge is 2.30. The number of anilines is 1. The molecule has 31 heavy (non-hydrogen) atoms. The van der Waals surface area contributed by atoms with Crippen LogP contribution in [0.3, 0.4) is 0 Å². The second-order valence-corrected chi connectivity index (χ2v) is 8.36. The molecule has 0 aliphatic carbocycles. The standard InChI is InChI=1S/C24H18F2N2O2S/c1-14-12-20(22(29)16-4-3-11-27-13-16)31-23(14)15-7-9-17(10-8-15)28-24(30)21-18(25)5-2-6-19(21)26/h2-14,23H,1H3,(H,28,30). The van der Waals surface area contributed by atoms with Crippen molar-refractivity contribution >= 4 is 29.1 Å². The van der Waals surface area contributed by atoms with Gasteiger partial charge in [0.15, 0.2) is 0 Å². The number of carbonyl (C=O) groups excluding carboxylic acids is 2. The molecule has 4 rings (SSSR count). The van der Waals surface area contributed by atoms with Crippen LogP contribution in [0.4, 0.5) is 14.5 Å². The number of Topliss-reactive ketones (excluding diaryl/α,β-unsaturated/α-hetero) is 1. The predicted molar refractivity (Wildman–Crippen MR) is 117 cm³/mol. The van der Waals surface area contributed by atoms with Gasteiger partial charge in [-0.15, -0.1) is 11.8 Å². The maximum atomic E-state index is 13.8. The Morgan fingerprint density at radius 3 is 2.35 bits per heavy atom. The van der Waals surface area contributed by atoms with Gasteiger partial charge in [0.2, 0.25) is 5.78 Å². The summed E-state index contributed by atoms with van der Waals surface area (Å²) < 4.78 is 27.6. The number of amides is 1. The van der Waals surface area contributed by atoms with Crippen LogP contribution in [0, 0.1) is 17.6 Å². The van der Waals surface area contributed by atoms with E-state index in [0.717, 1.165) is 17.7 Å². The van der Waals surface area contributed by atoms with Crippen LogP contribution in [-0.4, -0.2) is 16.7 Å². The van der Waals surface area contributed by atoms with E-state index in [1.54, 1.807) is 36.7 Å². The molecule has 2 unspecified atom stereocenters. The summed E-state index contributed by atoms with van der Waals surface area (Å²) in [6.45, 7) is 2.04. The van der Waals surface area contributed by atoms with E-state index in [2.05, 4.69) is 10.3 Å². The third kappa shape index (κ3) is 4.41. The van der Waals surface area contributed by atoms with Crippen LogP contribution < -0.4 is 5.32 Å². The number of nitrogens with one attached hydrogen (secondary N) is 1. The zero-order chi connectivity index (χ0) is 22.0. The normalized spacial score (nSPS) is 17.8. The first kappa shape index (κ1) is 20.9. The number of hydrogen-bond donors (Lipinski definition) is 1. The van der Waals surface area contributed by atoms with Gasteiger partial charge in [0.25, 0.3) is 5.91 Å². The first-order chi connectivity index (χ1) is 14.9. The number of rotatable bonds is 5. The van der Waals surface area contributed by atoms with Gasteiger partial charge in [-0.2, -0.15) is 0 Å². The molecule has 7 heteroatoms.